The SMILES string of the molecule is O=C(CCN(Cc1cccc2ccccc12)C1CC1)N1CCN(c2ccccn2)CC1. The maximum Gasteiger partial charge on any atom is 0.223 e. The van der Waals surface area contributed by atoms with E-state index in [1.54, 1.807) is 0 Å². The number of anilines is 1. The summed E-state index contributed by atoms with van der Waals surface area (Å²) in [7, 11) is 0. The lowest BCUT2D eigenvalue weighted by molar-refractivity contribution is -0.131. The van der Waals surface area contributed by atoms with Crippen molar-refractivity contribution < 1.29 is 4.79 Å². The summed E-state index contributed by atoms with van der Waals surface area (Å²) in [6, 6.07) is 21.8. The zero-order valence-corrected chi connectivity index (χ0v) is 18.0. The highest BCUT2D eigenvalue weighted by Gasteiger charge is 2.30. The maximum atomic E-state index is 12.9. The second-order valence-electron chi connectivity index (χ2n) is 8.65. The summed E-state index contributed by atoms with van der Waals surface area (Å²) in [5.41, 5.74) is 1.36. The minimum atomic E-state index is 0.282. The van der Waals surface area contributed by atoms with E-state index in [0.717, 1.165) is 45.1 Å². The van der Waals surface area contributed by atoms with E-state index in [9.17, 15) is 4.79 Å². The molecule has 2 fully saturated rings. The Kier molecular flexibility index (Phi) is 5.85. The van der Waals surface area contributed by atoms with Gasteiger partial charge in [-0.15, -0.1) is 0 Å². The number of piperazine rings is 1. The molecule has 1 saturated heterocycles. The van der Waals surface area contributed by atoms with Gasteiger partial charge in [0.2, 0.25) is 5.91 Å². The van der Waals surface area contributed by atoms with Crippen LogP contribution in [0, 0.1) is 0 Å². The van der Waals surface area contributed by atoms with Crippen LogP contribution in [-0.4, -0.2) is 59.5 Å². The quantitative estimate of drug-likeness (QED) is 0.587. The number of rotatable bonds is 7. The number of hydrogen-bond donors (Lipinski definition) is 0. The molecule has 5 rings (SSSR count). The number of hydrogen-bond acceptors (Lipinski definition) is 4. The second kappa shape index (κ2) is 9.06. The van der Waals surface area contributed by atoms with E-state index in [2.05, 4.69) is 57.2 Å². The van der Waals surface area contributed by atoms with Gasteiger partial charge in [0.05, 0.1) is 0 Å². The number of carbonyl (C=O) groups excluding carboxylic acids is 1. The van der Waals surface area contributed by atoms with Crippen LogP contribution in [0.25, 0.3) is 10.8 Å². The summed E-state index contributed by atoms with van der Waals surface area (Å²) in [6.45, 7) is 5.03. The molecule has 1 aliphatic carbocycles. The molecular formula is C26H30N4O. The summed E-state index contributed by atoms with van der Waals surface area (Å²) < 4.78 is 0. The van der Waals surface area contributed by atoms with Crippen molar-refractivity contribution in [3.63, 3.8) is 0 Å². The molecule has 0 atom stereocenters. The summed E-state index contributed by atoms with van der Waals surface area (Å²) in [5, 5.41) is 2.62. The van der Waals surface area contributed by atoms with Crippen LogP contribution in [0.4, 0.5) is 5.82 Å². The zero-order chi connectivity index (χ0) is 21.0. The summed E-state index contributed by atoms with van der Waals surface area (Å²) in [5.74, 6) is 1.29. The van der Waals surface area contributed by atoms with E-state index in [1.165, 1.54) is 29.2 Å². The Balaban J connectivity index is 1.17. The molecule has 0 unspecified atom stereocenters. The third-order valence-electron chi connectivity index (χ3n) is 6.54. The molecule has 0 N–H and O–H groups in total. The number of benzene rings is 2. The smallest absolute Gasteiger partial charge is 0.223 e. The predicted molar refractivity (Wildman–Crippen MR) is 125 cm³/mol. The standard InChI is InChI=1S/C26H30N4O/c31-26(29-18-16-28(17-19-29)25-10-3-4-14-27-25)13-15-30(23-11-12-23)20-22-8-5-7-21-6-1-2-9-24(21)22/h1-10,14,23H,11-13,15-20H2. The molecule has 5 nitrogen and oxygen atoms in total. The Morgan fingerprint density at radius 3 is 2.48 bits per heavy atom. The lowest BCUT2D eigenvalue weighted by Gasteiger charge is -2.35. The minimum Gasteiger partial charge on any atom is -0.353 e. The molecule has 0 bridgehead atoms. The van der Waals surface area contributed by atoms with Crippen LogP contribution >= 0.6 is 0 Å². The van der Waals surface area contributed by atoms with Crippen molar-refractivity contribution in [2.75, 3.05) is 37.6 Å². The Morgan fingerprint density at radius 1 is 0.935 bits per heavy atom. The third-order valence-corrected chi connectivity index (χ3v) is 6.54. The van der Waals surface area contributed by atoms with Gasteiger partial charge in [-0.3, -0.25) is 9.69 Å². The van der Waals surface area contributed by atoms with E-state index < -0.39 is 0 Å². The summed E-state index contributed by atoms with van der Waals surface area (Å²) in [6.07, 6.45) is 4.93. The van der Waals surface area contributed by atoms with Crippen molar-refractivity contribution >= 4 is 22.5 Å². The minimum absolute atomic E-state index is 0.282. The first-order chi connectivity index (χ1) is 15.3. The lowest BCUT2D eigenvalue weighted by atomic mass is 10.0. The maximum absolute atomic E-state index is 12.9. The topological polar surface area (TPSA) is 39.7 Å². The van der Waals surface area contributed by atoms with Gasteiger partial charge in [0.1, 0.15) is 5.82 Å². The fourth-order valence-corrected chi connectivity index (χ4v) is 4.60. The van der Waals surface area contributed by atoms with E-state index in [-0.39, 0.29) is 5.91 Å². The second-order valence-corrected chi connectivity index (χ2v) is 8.65. The molecule has 160 valence electrons. The molecule has 2 heterocycles. The van der Waals surface area contributed by atoms with E-state index in [4.69, 9.17) is 0 Å². The van der Waals surface area contributed by atoms with Gasteiger partial charge < -0.3 is 9.80 Å². The van der Waals surface area contributed by atoms with E-state index in [0.29, 0.717) is 12.5 Å². The van der Waals surface area contributed by atoms with Crippen molar-refractivity contribution in [3.8, 4) is 0 Å². The largest absolute Gasteiger partial charge is 0.353 e. The Labute approximate surface area is 184 Å². The number of fused-ring (bicyclic) bond motifs is 1. The van der Waals surface area contributed by atoms with Gasteiger partial charge in [0.15, 0.2) is 0 Å². The molecule has 31 heavy (non-hydrogen) atoms. The van der Waals surface area contributed by atoms with Gasteiger partial charge in [0, 0.05) is 57.9 Å². The molecule has 1 aromatic heterocycles. The van der Waals surface area contributed by atoms with Crippen LogP contribution in [0.3, 0.4) is 0 Å². The normalized spacial score (nSPS) is 16.8. The highest BCUT2D eigenvalue weighted by Crippen LogP contribution is 2.30. The number of pyridine rings is 1. The number of carbonyl (C=O) groups is 1. The van der Waals surface area contributed by atoms with Crippen LogP contribution in [0.1, 0.15) is 24.8 Å². The van der Waals surface area contributed by atoms with Crippen LogP contribution in [0.15, 0.2) is 66.9 Å². The number of nitrogens with zero attached hydrogens (tertiary/aromatic N) is 4. The van der Waals surface area contributed by atoms with Crippen LogP contribution in [-0.2, 0) is 11.3 Å². The molecule has 1 saturated carbocycles. The monoisotopic (exact) mass is 414 g/mol. The highest BCUT2D eigenvalue weighted by atomic mass is 16.2. The van der Waals surface area contributed by atoms with Crippen molar-refractivity contribution in [3.05, 3.63) is 72.4 Å². The van der Waals surface area contributed by atoms with Gasteiger partial charge >= 0.3 is 0 Å². The summed E-state index contributed by atoms with van der Waals surface area (Å²) in [4.78, 5) is 24.2. The Bertz CT molecular complexity index is 1020. The van der Waals surface area contributed by atoms with Gasteiger partial charge in [-0.05, 0) is 41.3 Å². The van der Waals surface area contributed by atoms with Gasteiger partial charge in [-0.25, -0.2) is 4.98 Å². The first-order valence-corrected chi connectivity index (χ1v) is 11.4. The fraction of sp³-hybridized carbons (Fsp3) is 0.385. The van der Waals surface area contributed by atoms with Crippen molar-refractivity contribution in [2.24, 2.45) is 0 Å². The first kappa shape index (κ1) is 20.0. The first-order valence-electron chi connectivity index (χ1n) is 11.4. The Hall–Kier alpha value is -2.92. The molecule has 0 radical (unpaired) electrons. The Morgan fingerprint density at radius 2 is 1.71 bits per heavy atom. The van der Waals surface area contributed by atoms with Gasteiger partial charge in [0.25, 0.3) is 0 Å². The number of aromatic nitrogens is 1. The van der Waals surface area contributed by atoms with E-state index in [1.807, 2.05) is 29.3 Å². The predicted octanol–water partition coefficient (Wildman–Crippen LogP) is 3.94. The zero-order valence-electron chi connectivity index (χ0n) is 18.0. The third kappa shape index (κ3) is 4.72. The van der Waals surface area contributed by atoms with Crippen molar-refractivity contribution in [1.29, 1.82) is 0 Å². The molecule has 1 amide bonds. The molecule has 2 aromatic carbocycles. The van der Waals surface area contributed by atoms with Crippen LogP contribution in [0.5, 0.6) is 0 Å². The highest BCUT2D eigenvalue weighted by molar-refractivity contribution is 5.85. The molecule has 2 aliphatic rings. The lowest BCUT2D eigenvalue weighted by Crippen LogP contribution is -2.49. The summed E-state index contributed by atoms with van der Waals surface area (Å²) >= 11 is 0. The average molecular weight is 415 g/mol. The van der Waals surface area contributed by atoms with E-state index >= 15 is 0 Å². The molecule has 3 aromatic rings. The van der Waals surface area contributed by atoms with Crippen LogP contribution < -0.4 is 4.90 Å². The van der Waals surface area contributed by atoms with Crippen molar-refractivity contribution in [2.45, 2.75) is 31.8 Å². The molecular weight excluding hydrogens is 384 g/mol. The van der Waals surface area contributed by atoms with Gasteiger partial charge in [-0.1, -0.05) is 48.5 Å². The number of amides is 1. The van der Waals surface area contributed by atoms with Crippen LogP contribution in [0.2, 0.25) is 0 Å². The molecule has 0 spiro atoms. The fourth-order valence-electron chi connectivity index (χ4n) is 4.60. The average Bonchev–Trinajstić information content (AvgIpc) is 3.68. The van der Waals surface area contributed by atoms with Gasteiger partial charge in [-0.2, -0.15) is 0 Å². The van der Waals surface area contributed by atoms with Crippen molar-refractivity contribution in [1.82, 2.24) is 14.8 Å². The molecule has 1 aliphatic heterocycles. The molecule has 5 heteroatoms.